The number of benzene rings is 2. The van der Waals surface area contributed by atoms with E-state index in [1.165, 1.54) is 21.7 Å². The number of hydrogen-bond donors (Lipinski definition) is 0. The number of aromatic nitrogens is 1. The van der Waals surface area contributed by atoms with Gasteiger partial charge in [0.1, 0.15) is 11.3 Å². The lowest BCUT2D eigenvalue weighted by Crippen LogP contribution is -2.48. The molecule has 136 valence electrons. The Morgan fingerprint density at radius 2 is 1.69 bits per heavy atom. The molecule has 0 saturated carbocycles. The van der Waals surface area contributed by atoms with E-state index in [4.69, 9.17) is 0 Å². The summed E-state index contributed by atoms with van der Waals surface area (Å²) in [6, 6.07) is 10.4. The number of thiazole rings is 1. The molecule has 1 aliphatic rings. The first kappa shape index (κ1) is 17.3. The van der Waals surface area contributed by atoms with E-state index >= 15 is 0 Å². The van der Waals surface area contributed by atoms with Crippen LogP contribution in [0.3, 0.4) is 0 Å². The van der Waals surface area contributed by atoms with E-state index in [0.29, 0.717) is 36.0 Å². The molecule has 0 amide bonds. The summed E-state index contributed by atoms with van der Waals surface area (Å²) in [5.74, 6) is -1.32. The minimum Gasteiger partial charge on any atom is -0.345 e. The zero-order chi connectivity index (χ0) is 18.3. The number of hydrogen-bond acceptors (Lipinski definition) is 5. The molecule has 0 radical (unpaired) electrons. The predicted molar refractivity (Wildman–Crippen MR) is 96.9 cm³/mol. The van der Waals surface area contributed by atoms with Crippen LogP contribution in [0.5, 0.6) is 0 Å². The van der Waals surface area contributed by atoms with E-state index in [-0.39, 0.29) is 10.4 Å². The van der Waals surface area contributed by atoms with Crippen LogP contribution in [0.25, 0.3) is 10.2 Å². The first-order chi connectivity index (χ1) is 12.4. The first-order valence-electron chi connectivity index (χ1n) is 8.01. The third-order valence-corrected chi connectivity index (χ3v) is 7.27. The molecule has 0 bridgehead atoms. The number of nitrogens with zero attached hydrogens (tertiary/aromatic N) is 3. The molecule has 0 aliphatic carbocycles. The Balaban J connectivity index is 1.53. The average molecular weight is 395 g/mol. The Hall–Kier alpha value is -2.10. The summed E-state index contributed by atoms with van der Waals surface area (Å²) >= 11 is 1.20. The lowest BCUT2D eigenvalue weighted by atomic mass is 10.3. The summed E-state index contributed by atoms with van der Waals surface area (Å²) in [6.45, 7) is 1.50. The molecule has 5 nitrogen and oxygen atoms in total. The quantitative estimate of drug-likeness (QED) is 0.684. The summed E-state index contributed by atoms with van der Waals surface area (Å²) in [4.78, 5) is 6.43. The van der Waals surface area contributed by atoms with Crippen molar-refractivity contribution < 1.29 is 17.2 Å². The van der Waals surface area contributed by atoms with Crippen molar-refractivity contribution in [3.63, 3.8) is 0 Å². The highest BCUT2D eigenvalue weighted by molar-refractivity contribution is 7.89. The zero-order valence-corrected chi connectivity index (χ0v) is 15.2. The third kappa shape index (κ3) is 3.06. The molecule has 1 aromatic heterocycles. The van der Waals surface area contributed by atoms with Crippen molar-refractivity contribution in [2.24, 2.45) is 0 Å². The molecule has 1 saturated heterocycles. The Morgan fingerprint density at radius 1 is 1.00 bits per heavy atom. The van der Waals surface area contributed by atoms with Crippen LogP contribution in [-0.4, -0.2) is 43.9 Å². The highest BCUT2D eigenvalue weighted by Crippen LogP contribution is 2.32. The fraction of sp³-hybridized carbons (Fsp3) is 0.235. The van der Waals surface area contributed by atoms with Gasteiger partial charge < -0.3 is 4.90 Å². The van der Waals surface area contributed by atoms with Crippen molar-refractivity contribution in [3.8, 4) is 0 Å². The zero-order valence-electron chi connectivity index (χ0n) is 13.6. The second kappa shape index (κ2) is 6.57. The molecule has 0 spiro atoms. The maximum absolute atomic E-state index is 13.8. The second-order valence-electron chi connectivity index (χ2n) is 5.93. The van der Waals surface area contributed by atoms with Gasteiger partial charge in [0.05, 0.1) is 9.60 Å². The largest absolute Gasteiger partial charge is 0.345 e. The number of halogens is 2. The summed E-state index contributed by atoms with van der Waals surface area (Å²) in [5.41, 5.74) is 0.144. The smallest absolute Gasteiger partial charge is 0.243 e. The molecular weight excluding hydrogens is 380 g/mol. The second-order valence-corrected chi connectivity index (χ2v) is 8.88. The lowest BCUT2D eigenvalue weighted by Gasteiger charge is -2.33. The fourth-order valence-corrected chi connectivity index (χ4v) is 5.44. The summed E-state index contributed by atoms with van der Waals surface area (Å²) in [7, 11) is -3.52. The van der Waals surface area contributed by atoms with Gasteiger partial charge in [-0.05, 0) is 18.2 Å². The Bertz CT molecular complexity index is 1050. The fourth-order valence-electron chi connectivity index (χ4n) is 2.94. The maximum Gasteiger partial charge on any atom is 0.243 e. The monoisotopic (exact) mass is 395 g/mol. The van der Waals surface area contributed by atoms with E-state index < -0.39 is 21.7 Å². The standard InChI is InChI=1S/C17H15F2N3O2S2/c18-12-10-14(19)16-15(11-12)25-17(20-16)21-6-8-22(9-7-21)26(23,24)13-4-2-1-3-5-13/h1-5,10-11H,6-9H2. The minimum absolute atomic E-state index is 0.144. The van der Waals surface area contributed by atoms with E-state index in [0.717, 1.165) is 6.07 Å². The highest BCUT2D eigenvalue weighted by atomic mass is 32.2. The van der Waals surface area contributed by atoms with Gasteiger partial charge in [0, 0.05) is 32.2 Å². The van der Waals surface area contributed by atoms with Crippen molar-refractivity contribution in [1.29, 1.82) is 0 Å². The number of rotatable bonds is 3. The van der Waals surface area contributed by atoms with Crippen molar-refractivity contribution in [2.75, 3.05) is 31.1 Å². The van der Waals surface area contributed by atoms with Gasteiger partial charge in [0.25, 0.3) is 0 Å². The van der Waals surface area contributed by atoms with Crippen LogP contribution in [-0.2, 0) is 10.0 Å². The number of anilines is 1. The average Bonchev–Trinajstić information content (AvgIpc) is 3.07. The molecule has 2 heterocycles. The summed E-state index contributed by atoms with van der Waals surface area (Å²) < 4.78 is 54.4. The SMILES string of the molecule is O=S(=O)(c1ccccc1)N1CCN(c2nc3c(F)cc(F)cc3s2)CC1. The van der Waals surface area contributed by atoms with Crippen molar-refractivity contribution in [3.05, 3.63) is 54.1 Å². The Labute approximate surface area is 153 Å². The predicted octanol–water partition coefficient (Wildman–Crippen LogP) is 3.09. The summed E-state index contributed by atoms with van der Waals surface area (Å²) in [5, 5.41) is 0.571. The molecule has 0 unspecified atom stereocenters. The Kier molecular flexibility index (Phi) is 4.37. The molecule has 1 fully saturated rings. The van der Waals surface area contributed by atoms with Crippen molar-refractivity contribution >= 4 is 36.7 Å². The van der Waals surface area contributed by atoms with Gasteiger partial charge in [-0.2, -0.15) is 4.31 Å². The van der Waals surface area contributed by atoms with E-state index in [2.05, 4.69) is 4.98 Å². The molecule has 4 rings (SSSR count). The van der Waals surface area contributed by atoms with E-state index in [9.17, 15) is 17.2 Å². The van der Waals surface area contributed by atoms with Crippen molar-refractivity contribution in [1.82, 2.24) is 9.29 Å². The highest BCUT2D eigenvalue weighted by Gasteiger charge is 2.29. The Morgan fingerprint density at radius 3 is 2.38 bits per heavy atom. The number of piperazine rings is 1. The van der Waals surface area contributed by atoms with Gasteiger partial charge in [0.15, 0.2) is 10.9 Å². The molecule has 0 N–H and O–H groups in total. The van der Waals surface area contributed by atoms with Gasteiger partial charge in [-0.15, -0.1) is 0 Å². The molecule has 9 heteroatoms. The molecule has 3 aromatic rings. The molecule has 0 atom stereocenters. The van der Waals surface area contributed by atoms with Crippen LogP contribution in [0.1, 0.15) is 0 Å². The van der Waals surface area contributed by atoms with Crippen LogP contribution >= 0.6 is 11.3 Å². The number of fused-ring (bicyclic) bond motifs is 1. The van der Waals surface area contributed by atoms with Gasteiger partial charge in [-0.1, -0.05) is 29.5 Å². The molecule has 2 aromatic carbocycles. The van der Waals surface area contributed by atoms with Gasteiger partial charge in [-0.3, -0.25) is 0 Å². The summed E-state index contributed by atoms with van der Waals surface area (Å²) in [6.07, 6.45) is 0. The van der Waals surface area contributed by atoms with Crippen LogP contribution in [0.15, 0.2) is 47.4 Å². The third-order valence-electron chi connectivity index (χ3n) is 4.29. The minimum atomic E-state index is -3.52. The first-order valence-corrected chi connectivity index (χ1v) is 10.3. The van der Waals surface area contributed by atoms with Crippen LogP contribution in [0.2, 0.25) is 0 Å². The number of sulfonamides is 1. The lowest BCUT2D eigenvalue weighted by molar-refractivity contribution is 0.385. The maximum atomic E-state index is 13.8. The van der Waals surface area contributed by atoms with Crippen LogP contribution < -0.4 is 4.90 Å². The van der Waals surface area contributed by atoms with Crippen LogP contribution in [0, 0.1) is 11.6 Å². The molecule has 1 aliphatic heterocycles. The van der Waals surface area contributed by atoms with Crippen molar-refractivity contribution in [2.45, 2.75) is 4.90 Å². The normalized spacial score (nSPS) is 16.3. The topological polar surface area (TPSA) is 53.5 Å². The van der Waals surface area contributed by atoms with Crippen LogP contribution in [0.4, 0.5) is 13.9 Å². The van der Waals surface area contributed by atoms with E-state index in [1.54, 1.807) is 30.3 Å². The molecule has 26 heavy (non-hydrogen) atoms. The van der Waals surface area contributed by atoms with Gasteiger partial charge in [-0.25, -0.2) is 22.2 Å². The van der Waals surface area contributed by atoms with Gasteiger partial charge in [0.2, 0.25) is 10.0 Å². The molecular formula is C17H15F2N3O2S2. The van der Waals surface area contributed by atoms with E-state index in [1.807, 2.05) is 4.90 Å². The van der Waals surface area contributed by atoms with Gasteiger partial charge >= 0.3 is 0 Å².